The van der Waals surface area contributed by atoms with Crippen molar-refractivity contribution in [1.29, 1.82) is 0 Å². The third-order valence-corrected chi connectivity index (χ3v) is 4.03. The largest absolute Gasteiger partial charge is 0.394 e. The summed E-state index contributed by atoms with van der Waals surface area (Å²) in [5.74, 6) is -0.113. The van der Waals surface area contributed by atoms with Crippen LogP contribution in [0.3, 0.4) is 0 Å². The Hall–Kier alpha value is -1.95. The van der Waals surface area contributed by atoms with E-state index in [1.165, 1.54) is 12.1 Å². The number of carbonyl (C=O) groups is 1. The molecule has 6 heteroatoms. The molecular weight excluding hydrogens is 272 g/mol. The molecule has 0 aliphatic heterocycles. The normalized spacial score (nSPS) is 16.6. The fourth-order valence-corrected chi connectivity index (χ4v) is 2.82. The van der Waals surface area contributed by atoms with Gasteiger partial charge in [0.25, 0.3) is 5.69 Å². The van der Waals surface area contributed by atoms with Crippen LogP contribution in [-0.2, 0) is 11.2 Å². The highest BCUT2D eigenvalue weighted by molar-refractivity contribution is 5.77. The molecule has 0 saturated heterocycles. The van der Waals surface area contributed by atoms with Gasteiger partial charge in [0.15, 0.2) is 0 Å². The average Bonchev–Trinajstić information content (AvgIpc) is 2.94. The van der Waals surface area contributed by atoms with Gasteiger partial charge in [-0.1, -0.05) is 25.0 Å². The number of aliphatic hydroxyl groups is 1. The van der Waals surface area contributed by atoms with E-state index in [1.807, 2.05) is 0 Å². The summed E-state index contributed by atoms with van der Waals surface area (Å²) >= 11 is 0. The summed E-state index contributed by atoms with van der Waals surface area (Å²) in [6.45, 7) is -0.0322. The predicted molar refractivity (Wildman–Crippen MR) is 77.8 cm³/mol. The van der Waals surface area contributed by atoms with Crippen LogP contribution in [0.4, 0.5) is 5.69 Å². The van der Waals surface area contributed by atoms with Gasteiger partial charge in [-0.2, -0.15) is 0 Å². The maximum atomic E-state index is 12.0. The Bertz CT molecular complexity index is 524. The molecule has 6 nitrogen and oxygen atoms in total. The number of non-ortho nitro benzene ring substituents is 1. The Morgan fingerprint density at radius 3 is 2.71 bits per heavy atom. The van der Waals surface area contributed by atoms with E-state index < -0.39 is 10.5 Å². The van der Waals surface area contributed by atoms with Gasteiger partial charge >= 0.3 is 0 Å². The fraction of sp³-hybridized carbons (Fsp3) is 0.533. The van der Waals surface area contributed by atoms with Crippen molar-refractivity contribution in [2.24, 2.45) is 0 Å². The van der Waals surface area contributed by atoms with Crippen molar-refractivity contribution in [3.8, 4) is 0 Å². The van der Waals surface area contributed by atoms with Crippen molar-refractivity contribution in [2.75, 3.05) is 6.61 Å². The van der Waals surface area contributed by atoms with E-state index in [-0.39, 0.29) is 24.6 Å². The molecule has 1 saturated carbocycles. The number of nitro groups is 1. The lowest BCUT2D eigenvalue weighted by Gasteiger charge is -2.28. The van der Waals surface area contributed by atoms with Crippen LogP contribution in [0, 0.1) is 10.1 Å². The maximum absolute atomic E-state index is 12.0. The minimum absolute atomic E-state index is 0.0322. The summed E-state index contributed by atoms with van der Waals surface area (Å²) in [5, 5.41) is 23.1. The first-order chi connectivity index (χ1) is 10.0. The van der Waals surface area contributed by atoms with E-state index in [0.29, 0.717) is 6.42 Å². The van der Waals surface area contributed by atoms with Gasteiger partial charge in [-0.3, -0.25) is 14.9 Å². The molecule has 0 radical (unpaired) electrons. The first-order valence-electron chi connectivity index (χ1n) is 7.20. The molecule has 1 aromatic rings. The molecule has 1 fully saturated rings. The molecule has 0 spiro atoms. The van der Waals surface area contributed by atoms with Crippen LogP contribution in [0.2, 0.25) is 0 Å². The number of rotatable bonds is 6. The number of nitrogens with zero attached hydrogens (tertiary/aromatic N) is 1. The van der Waals surface area contributed by atoms with Crippen LogP contribution in [0.1, 0.15) is 37.7 Å². The number of nitro benzene ring substituents is 1. The van der Waals surface area contributed by atoms with E-state index in [4.69, 9.17) is 0 Å². The van der Waals surface area contributed by atoms with Gasteiger partial charge in [0.1, 0.15) is 0 Å². The summed E-state index contributed by atoms with van der Waals surface area (Å²) in [5.41, 5.74) is 0.346. The molecule has 1 amide bonds. The van der Waals surface area contributed by atoms with Crippen LogP contribution in [0.5, 0.6) is 0 Å². The van der Waals surface area contributed by atoms with Gasteiger partial charge in [0.05, 0.1) is 17.1 Å². The average molecular weight is 292 g/mol. The van der Waals surface area contributed by atoms with Crippen molar-refractivity contribution in [3.63, 3.8) is 0 Å². The second kappa shape index (κ2) is 6.67. The van der Waals surface area contributed by atoms with Crippen LogP contribution in [0.25, 0.3) is 0 Å². The zero-order valence-electron chi connectivity index (χ0n) is 11.9. The first-order valence-corrected chi connectivity index (χ1v) is 7.20. The molecule has 114 valence electrons. The van der Waals surface area contributed by atoms with Crippen LogP contribution in [0.15, 0.2) is 24.3 Å². The van der Waals surface area contributed by atoms with Gasteiger partial charge < -0.3 is 10.4 Å². The number of benzene rings is 1. The molecule has 0 aromatic heterocycles. The van der Waals surface area contributed by atoms with Crippen LogP contribution in [-0.4, -0.2) is 28.1 Å². The quantitative estimate of drug-likeness (QED) is 0.619. The number of hydrogen-bond donors (Lipinski definition) is 2. The second-order valence-corrected chi connectivity index (χ2v) is 5.62. The highest BCUT2D eigenvalue weighted by Gasteiger charge is 2.34. The summed E-state index contributed by atoms with van der Waals surface area (Å²) in [6.07, 6.45) is 4.38. The Morgan fingerprint density at radius 2 is 2.10 bits per heavy atom. The summed E-state index contributed by atoms with van der Waals surface area (Å²) in [4.78, 5) is 22.3. The summed E-state index contributed by atoms with van der Waals surface area (Å²) in [6, 6.07) is 6.32. The van der Waals surface area contributed by atoms with Gasteiger partial charge in [-0.05, 0) is 24.8 Å². The van der Waals surface area contributed by atoms with Gasteiger partial charge in [-0.25, -0.2) is 0 Å². The monoisotopic (exact) mass is 292 g/mol. The first kappa shape index (κ1) is 15.4. The van der Waals surface area contributed by atoms with Crippen molar-refractivity contribution in [2.45, 2.75) is 44.1 Å². The topological polar surface area (TPSA) is 92.5 Å². The molecule has 1 aliphatic rings. The van der Waals surface area contributed by atoms with E-state index >= 15 is 0 Å². The highest BCUT2D eigenvalue weighted by Crippen LogP contribution is 2.29. The van der Waals surface area contributed by atoms with Crippen molar-refractivity contribution in [3.05, 3.63) is 39.9 Å². The highest BCUT2D eigenvalue weighted by atomic mass is 16.6. The second-order valence-electron chi connectivity index (χ2n) is 5.62. The minimum Gasteiger partial charge on any atom is -0.394 e. The Kier molecular flexibility index (Phi) is 4.90. The molecule has 0 bridgehead atoms. The minimum atomic E-state index is -0.459. The molecular formula is C15H20N2O4. The molecule has 1 aromatic carbocycles. The smallest absolute Gasteiger partial charge is 0.269 e. The lowest BCUT2D eigenvalue weighted by molar-refractivity contribution is -0.384. The molecule has 0 unspecified atom stereocenters. The molecule has 0 heterocycles. The Balaban J connectivity index is 1.89. The number of hydrogen-bond acceptors (Lipinski definition) is 4. The molecule has 1 aliphatic carbocycles. The zero-order chi connectivity index (χ0) is 15.3. The number of nitrogens with one attached hydrogen (secondary N) is 1. The number of carbonyl (C=O) groups excluding carboxylic acids is 1. The SMILES string of the molecule is O=C(CCc1cccc([N+](=O)[O-])c1)NC1(CO)CCCC1. The molecule has 0 atom stereocenters. The predicted octanol–water partition coefficient (Wildman–Crippen LogP) is 1.95. The van der Waals surface area contributed by atoms with Gasteiger partial charge in [0.2, 0.25) is 5.91 Å². The van der Waals surface area contributed by atoms with Crippen molar-refractivity contribution >= 4 is 11.6 Å². The van der Waals surface area contributed by atoms with Crippen LogP contribution < -0.4 is 5.32 Å². The van der Waals surface area contributed by atoms with Crippen molar-refractivity contribution in [1.82, 2.24) is 5.32 Å². The van der Waals surface area contributed by atoms with Crippen molar-refractivity contribution < 1.29 is 14.8 Å². The summed E-state index contributed by atoms with van der Waals surface area (Å²) < 4.78 is 0. The van der Waals surface area contributed by atoms with E-state index in [9.17, 15) is 20.0 Å². The Labute approximate surface area is 123 Å². The zero-order valence-corrected chi connectivity index (χ0v) is 11.9. The fourth-order valence-electron chi connectivity index (χ4n) is 2.82. The third-order valence-electron chi connectivity index (χ3n) is 4.03. The standard InChI is InChI=1S/C15H20N2O4/c18-11-15(8-1-2-9-15)16-14(19)7-6-12-4-3-5-13(10-12)17(20)21/h3-5,10,18H,1-2,6-9,11H2,(H,16,19). The lowest BCUT2D eigenvalue weighted by Crippen LogP contribution is -2.49. The lowest BCUT2D eigenvalue weighted by atomic mass is 9.98. The number of aryl methyl sites for hydroxylation is 1. The number of aliphatic hydroxyl groups excluding tert-OH is 1. The van der Waals surface area contributed by atoms with E-state index in [1.54, 1.807) is 12.1 Å². The molecule has 2 rings (SSSR count). The van der Waals surface area contributed by atoms with Gasteiger partial charge in [-0.15, -0.1) is 0 Å². The number of amides is 1. The molecule has 2 N–H and O–H groups in total. The van der Waals surface area contributed by atoms with E-state index in [0.717, 1.165) is 31.2 Å². The maximum Gasteiger partial charge on any atom is 0.269 e. The van der Waals surface area contributed by atoms with Crippen LogP contribution >= 0.6 is 0 Å². The summed E-state index contributed by atoms with van der Waals surface area (Å²) in [7, 11) is 0. The Morgan fingerprint density at radius 1 is 1.38 bits per heavy atom. The third kappa shape index (κ3) is 4.01. The van der Waals surface area contributed by atoms with Gasteiger partial charge in [0, 0.05) is 18.6 Å². The van der Waals surface area contributed by atoms with E-state index in [2.05, 4.69) is 5.32 Å². The molecule has 21 heavy (non-hydrogen) atoms.